The zero-order valence-corrected chi connectivity index (χ0v) is 22.0. The average Bonchev–Trinajstić information content (AvgIpc) is 3.30. The van der Waals surface area contributed by atoms with Crippen molar-refractivity contribution < 1.29 is 14.3 Å². The zero-order chi connectivity index (χ0) is 25.3. The molecule has 0 aliphatic carbocycles. The van der Waals surface area contributed by atoms with Crippen molar-refractivity contribution in [2.75, 3.05) is 17.7 Å². The van der Waals surface area contributed by atoms with Gasteiger partial charge in [0.2, 0.25) is 11.1 Å². The molecule has 0 fully saturated rings. The van der Waals surface area contributed by atoms with Crippen LogP contribution in [0.25, 0.3) is 0 Å². The second-order valence-corrected chi connectivity index (χ2v) is 9.83. The average molecular weight is 507 g/mol. The smallest absolute Gasteiger partial charge is 0.338 e. The number of esters is 1. The highest BCUT2D eigenvalue weighted by Crippen LogP contribution is 2.37. The molecule has 0 amide bonds. The van der Waals surface area contributed by atoms with Crippen LogP contribution < -0.4 is 10.1 Å². The van der Waals surface area contributed by atoms with E-state index in [4.69, 9.17) is 19.6 Å². The monoisotopic (exact) mass is 506 g/mol. The maximum atomic E-state index is 13.2. The fourth-order valence-electron chi connectivity index (χ4n) is 3.95. The summed E-state index contributed by atoms with van der Waals surface area (Å²) in [6.07, 6.45) is 4.01. The molecule has 0 spiro atoms. The fourth-order valence-corrected chi connectivity index (χ4v) is 4.86. The first-order valence-electron chi connectivity index (χ1n) is 12.6. The fraction of sp³-hybridized carbons (Fsp3) is 0.393. The number of allylic oxidation sites excluding steroid dienone is 1. The Balaban J connectivity index is 1.60. The molecule has 2 heterocycles. The number of nitrogens with zero attached hydrogens (tertiary/aromatic N) is 3. The molecule has 0 radical (unpaired) electrons. The molecule has 1 aliphatic heterocycles. The van der Waals surface area contributed by atoms with E-state index in [2.05, 4.69) is 19.2 Å². The molecule has 3 aromatic rings. The van der Waals surface area contributed by atoms with Crippen LogP contribution in [0.4, 0.5) is 5.95 Å². The standard InChI is InChI=1S/C28H34N4O3S/c1-4-6-17-34-26(33)24-20(3)29-27-30-28(36-18-7-5-2)31-32(27)25(24)22-13-15-23(16-14-22)35-19-21-11-9-8-10-12-21/h8-16,25H,4-7,17-19H2,1-3H3,(H,29,30,31). The topological polar surface area (TPSA) is 78.3 Å². The summed E-state index contributed by atoms with van der Waals surface area (Å²) in [7, 11) is 0. The van der Waals surface area contributed by atoms with Crippen molar-refractivity contribution in [3.8, 4) is 5.75 Å². The Morgan fingerprint density at radius 1 is 1.06 bits per heavy atom. The van der Waals surface area contributed by atoms with E-state index in [0.717, 1.165) is 54.0 Å². The van der Waals surface area contributed by atoms with Gasteiger partial charge in [0.05, 0.1) is 12.2 Å². The van der Waals surface area contributed by atoms with E-state index in [9.17, 15) is 4.79 Å². The van der Waals surface area contributed by atoms with E-state index in [1.165, 1.54) is 0 Å². The summed E-state index contributed by atoms with van der Waals surface area (Å²) in [5.41, 5.74) is 3.31. The number of carbonyl (C=O) groups excluding carboxylic acids is 1. The number of aromatic nitrogens is 3. The van der Waals surface area contributed by atoms with E-state index < -0.39 is 6.04 Å². The van der Waals surface area contributed by atoms with Gasteiger partial charge in [0.1, 0.15) is 18.4 Å². The maximum absolute atomic E-state index is 13.2. The third-order valence-electron chi connectivity index (χ3n) is 5.96. The molecule has 8 heteroatoms. The Hall–Kier alpha value is -3.26. The van der Waals surface area contributed by atoms with Gasteiger partial charge in [-0.05, 0) is 43.0 Å². The number of fused-ring (bicyclic) bond motifs is 1. The number of anilines is 1. The third-order valence-corrected chi connectivity index (χ3v) is 6.88. The third kappa shape index (κ3) is 6.29. The summed E-state index contributed by atoms with van der Waals surface area (Å²) in [6, 6.07) is 17.5. The van der Waals surface area contributed by atoms with Gasteiger partial charge < -0.3 is 14.8 Å². The second kappa shape index (κ2) is 12.6. The number of thioether (sulfide) groups is 1. The molecule has 1 N–H and O–H groups in total. The van der Waals surface area contributed by atoms with Crippen LogP contribution in [0.5, 0.6) is 5.75 Å². The minimum absolute atomic E-state index is 0.329. The van der Waals surface area contributed by atoms with Gasteiger partial charge in [-0.3, -0.25) is 0 Å². The summed E-state index contributed by atoms with van der Waals surface area (Å²) in [5.74, 6) is 2.02. The van der Waals surface area contributed by atoms with Crippen molar-refractivity contribution in [1.82, 2.24) is 14.8 Å². The molecule has 0 saturated carbocycles. The predicted octanol–water partition coefficient (Wildman–Crippen LogP) is 6.38. The van der Waals surface area contributed by atoms with E-state index in [0.29, 0.717) is 29.9 Å². The summed E-state index contributed by atoms with van der Waals surface area (Å²) < 4.78 is 13.4. The minimum Gasteiger partial charge on any atom is -0.489 e. The molecule has 1 aliphatic rings. The normalized spacial score (nSPS) is 14.8. The molecule has 190 valence electrons. The first kappa shape index (κ1) is 25.8. The lowest BCUT2D eigenvalue weighted by Gasteiger charge is -2.28. The molecule has 0 bridgehead atoms. The van der Waals surface area contributed by atoms with Crippen LogP contribution in [0.2, 0.25) is 0 Å². The number of carbonyl (C=O) groups is 1. The lowest BCUT2D eigenvalue weighted by atomic mass is 9.96. The van der Waals surface area contributed by atoms with E-state index in [-0.39, 0.29) is 5.97 Å². The van der Waals surface area contributed by atoms with Crippen molar-refractivity contribution in [1.29, 1.82) is 0 Å². The Morgan fingerprint density at radius 3 is 2.53 bits per heavy atom. The highest BCUT2D eigenvalue weighted by molar-refractivity contribution is 7.99. The number of unbranched alkanes of at least 4 members (excludes halogenated alkanes) is 2. The maximum Gasteiger partial charge on any atom is 0.338 e. The van der Waals surface area contributed by atoms with Crippen molar-refractivity contribution in [2.24, 2.45) is 0 Å². The van der Waals surface area contributed by atoms with Gasteiger partial charge in [-0.15, -0.1) is 5.10 Å². The Bertz CT molecular complexity index is 1180. The zero-order valence-electron chi connectivity index (χ0n) is 21.2. The lowest BCUT2D eigenvalue weighted by molar-refractivity contribution is -0.139. The number of ether oxygens (including phenoxy) is 2. The van der Waals surface area contributed by atoms with Gasteiger partial charge in [-0.25, -0.2) is 9.48 Å². The predicted molar refractivity (Wildman–Crippen MR) is 143 cm³/mol. The first-order valence-corrected chi connectivity index (χ1v) is 13.6. The summed E-state index contributed by atoms with van der Waals surface area (Å²) >= 11 is 1.63. The molecular formula is C28H34N4O3S. The quantitative estimate of drug-likeness (QED) is 0.173. The summed E-state index contributed by atoms with van der Waals surface area (Å²) in [6.45, 7) is 7.02. The van der Waals surface area contributed by atoms with Crippen LogP contribution in [-0.2, 0) is 16.1 Å². The minimum atomic E-state index is -0.438. The molecule has 4 rings (SSSR count). The highest BCUT2D eigenvalue weighted by atomic mass is 32.2. The number of benzene rings is 2. The van der Waals surface area contributed by atoms with Gasteiger partial charge in [-0.1, -0.05) is 80.9 Å². The molecule has 1 atom stereocenters. The van der Waals surface area contributed by atoms with Gasteiger partial charge >= 0.3 is 5.97 Å². The molecule has 2 aromatic carbocycles. The summed E-state index contributed by atoms with van der Waals surface area (Å²) in [5, 5.41) is 8.75. The van der Waals surface area contributed by atoms with E-state index in [1.807, 2.05) is 61.5 Å². The van der Waals surface area contributed by atoms with Crippen LogP contribution in [-0.4, -0.2) is 33.1 Å². The molecule has 0 saturated heterocycles. The van der Waals surface area contributed by atoms with Crippen LogP contribution in [0, 0.1) is 0 Å². The van der Waals surface area contributed by atoms with Gasteiger partial charge in [0.25, 0.3) is 0 Å². The largest absolute Gasteiger partial charge is 0.489 e. The molecule has 1 aromatic heterocycles. The van der Waals surface area contributed by atoms with Gasteiger partial charge in [0, 0.05) is 11.4 Å². The molecule has 7 nitrogen and oxygen atoms in total. The molecule has 36 heavy (non-hydrogen) atoms. The molecule has 1 unspecified atom stereocenters. The Morgan fingerprint density at radius 2 is 1.81 bits per heavy atom. The van der Waals surface area contributed by atoms with Gasteiger partial charge in [-0.2, -0.15) is 4.98 Å². The van der Waals surface area contributed by atoms with Gasteiger partial charge in [0.15, 0.2) is 0 Å². The Kier molecular flexibility index (Phi) is 9.06. The number of rotatable bonds is 12. The van der Waals surface area contributed by atoms with Crippen LogP contribution in [0.1, 0.15) is 63.6 Å². The summed E-state index contributed by atoms with van der Waals surface area (Å²) in [4.78, 5) is 17.9. The van der Waals surface area contributed by atoms with Crippen LogP contribution in [0.15, 0.2) is 71.0 Å². The van der Waals surface area contributed by atoms with Crippen molar-refractivity contribution in [3.63, 3.8) is 0 Å². The number of hydrogen-bond acceptors (Lipinski definition) is 7. The second-order valence-electron chi connectivity index (χ2n) is 8.76. The van der Waals surface area contributed by atoms with Crippen molar-refractivity contribution in [2.45, 2.75) is 64.3 Å². The number of hydrogen-bond donors (Lipinski definition) is 1. The van der Waals surface area contributed by atoms with Crippen molar-refractivity contribution >= 4 is 23.7 Å². The molecular weight excluding hydrogens is 472 g/mol. The van der Waals surface area contributed by atoms with E-state index >= 15 is 0 Å². The van der Waals surface area contributed by atoms with Crippen LogP contribution in [0.3, 0.4) is 0 Å². The van der Waals surface area contributed by atoms with E-state index in [1.54, 1.807) is 16.4 Å². The number of nitrogens with one attached hydrogen (secondary N) is 1. The SMILES string of the molecule is CCCCOC(=O)C1=C(C)Nc2nc(SCCCC)nn2C1c1ccc(OCc2ccccc2)cc1. The first-order chi connectivity index (χ1) is 17.6. The Labute approximate surface area is 217 Å². The lowest BCUT2D eigenvalue weighted by Crippen LogP contribution is -2.29. The van der Waals surface area contributed by atoms with Crippen LogP contribution >= 0.6 is 11.8 Å². The van der Waals surface area contributed by atoms with Crippen molar-refractivity contribution in [3.05, 3.63) is 77.0 Å². The highest BCUT2D eigenvalue weighted by Gasteiger charge is 2.35.